The van der Waals surface area contributed by atoms with Crippen molar-refractivity contribution in [1.82, 2.24) is 0 Å². The molecule has 0 saturated carbocycles. The molecule has 0 bridgehead atoms. The van der Waals surface area contributed by atoms with Crippen LogP contribution in [0.25, 0.3) is 0 Å². The molecule has 0 heterocycles. The fourth-order valence-electron chi connectivity index (χ4n) is 0.700. The lowest BCUT2D eigenvalue weighted by Gasteiger charge is -2.22. The van der Waals surface area contributed by atoms with Gasteiger partial charge in [0, 0.05) is 0 Å². The van der Waals surface area contributed by atoms with Crippen LogP contribution in [0.3, 0.4) is 0 Å². The van der Waals surface area contributed by atoms with E-state index in [0.29, 0.717) is 0 Å². The normalized spacial score (nSPS) is 19.5. The highest BCUT2D eigenvalue weighted by molar-refractivity contribution is 7.46. The third-order valence-corrected chi connectivity index (χ3v) is 1.97. The molecule has 3 atom stereocenters. The summed E-state index contributed by atoms with van der Waals surface area (Å²) in [5, 5.41) is 26.3. The van der Waals surface area contributed by atoms with Crippen LogP contribution in [-0.4, -0.2) is 50.0 Å². The van der Waals surface area contributed by atoms with Crippen molar-refractivity contribution in [2.24, 2.45) is 0 Å². The van der Waals surface area contributed by atoms with Gasteiger partial charge in [0.25, 0.3) is 0 Å². The van der Waals surface area contributed by atoms with E-state index in [2.05, 4.69) is 4.52 Å². The minimum Gasteiger partial charge on any atom is -0.394 e. The summed E-state index contributed by atoms with van der Waals surface area (Å²) in [5.74, 6) is 0. The zero-order valence-corrected chi connectivity index (χ0v) is 7.83. The average Bonchev–Trinajstić information content (AvgIpc) is 1.98. The van der Waals surface area contributed by atoms with E-state index in [-0.39, 0.29) is 0 Å². The fourth-order valence-corrected chi connectivity index (χ4v) is 1.26. The summed E-state index contributed by atoms with van der Waals surface area (Å²) in [7, 11) is -4.68. The van der Waals surface area contributed by atoms with Crippen molar-refractivity contribution in [2.75, 3.05) is 6.61 Å². The van der Waals surface area contributed by atoms with Gasteiger partial charge in [-0.05, 0) is 6.92 Å². The van der Waals surface area contributed by atoms with Crippen molar-refractivity contribution < 1.29 is 34.2 Å². The molecule has 0 aliphatic rings. The fraction of sp³-hybridized carbons (Fsp3) is 1.00. The second-order valence-electron chi connectivity index (χ2n) is 2.54. The number of phosphoric ester groups is 1. The minimum atomic E-state index is -4.68. The van der Waals surface area contributed by atoms with Gasteiger partial charge in [-0.25, -0.2) is 4.57 Å². The van der Waals surface area contributed by atoms with Crippen LogP contribution in [0.5, 0.6) is 0 Å². The van der Waals surface area contributed by atoms with Crippen LogP contribution in [0.4, 0.5) is 0 Å². The first-order chi connectivity index (χ1) is 5.78. The maximum atomic E-state index is 10.3. The maximum Gasteiger partial charge on any atom is 0.469 e. The van der Waals surface area contributed by atoms with Crippen LogP contribution >= 0.6 is 7.82 Å². The zero-order chi connectivity index (χ0) is 10.6. The van der Waals surface area contributed by atoms with Crippen LogP contribution in [0.2, 0.25) is 0 Å². The monoisotopic (exact) mass is 216 g/mol. The van der Waals surface area contributed by atoms with Crippen molar-refractivity contribution in [2.45, 2.75) is 25.2 Å². The van der Waals surface area contributed by atoms with E-state index >= 15 is 0 Å². The first-order valence-electron chi connectivity index (χ1n) is 3.49. The van der Waals surface area contributed by atoms with E-state index in [1.54, 1.807) is 0 Å². The molecule has 0 aromatic heterocycles. The van der Waals surface area contributed by atoms with Gasteiger partial charge in [0.15, 0.2) is 0 Å². The Morgan fingerprint density at radius 2 is 1.85 bits per heavy atom. The van der Waals surface area contributed by atoms with E-state index in [4.69, 9.17) is 25.1 Å². The summed E-state index contributed by atoms with van der Waals surface area (Å²) in [6.07, 6.45) is -4.29. The van der Waals surface area contributed by atoms with E-state index in [1.165, 1.54) is 6.92 Å². The Morgan fingerprint density at radius 3 is 2.15 bits per heavy atom. The summed E-state index contributed by atoms with van der Waals surface area (Å²) in [6, 6.07) is 0. The van der Waals surface area contributed by atoms with E-state index < -0.39 is 32.7 Å². The molecule has 0 spiro atoms. The molecule has 0 fully saturated rings. The number of rotatable bonds is 5. The number of hydrogen-bond donors (Lipinski definition) is 5. The Balaban J connectivity index is 4.11. The largest absolute Gasteiger partial charge is 0.469 e. The van der Waals surface area contributed by atoms with Crippen LogP contribution in [0.15, 0.2) is 0 Å². The molecule has 0 saturated heterocycles. The Hall–Kier alpha value is -0.0100. The number of aliphatic hydroxyl groups is 3. The van der Waals surface area contributed by atoms with E-state index in [0.717, 1.165) is 0 Å². The minimum absolute atomic E-state index is 0.712. The third-order valence-electron chi connectivity index (χ3n) is 1.37. The van der Waals surface area contributed by atoms with Gasteiger partial charge in [-0.15, -0.1) is 0 Å². The molecule has 0 aliphatic heterocycles. The van der Waals surface area contributed by atoms with Gasteiger partial charge in [0.1, 0.15) is 12.2 Å². The Labute approximate surface area is 74.8 Å². The van der Waals surface area contributed by atoms with Crippen molar-refractivity contribution >= 4 is 7.82 Å². The second kappa shape index (κ2) is 5.02. The SMILES string of the molecule is CC(OP(=O)(O)O)[C@@H](O)[C@@H](O)CO. The lowest BCUT2D eigenvalue weighted by molar-refractivity contribution is -0.0678. The number of hydrogen-bond acceptors (Lipinski definition) is 5. The van der Waals surface area contributed by atoms with Gasteiger partial charge in [-0.3, -0.25) is 4.52 Å². The standard InChI is InChI=1S/C5H13O7P/c1-3(12-13(9,10)11)5(8)4(7)2-6/h3-8H,2H2,1H3,(H2,9,10,11)/t3?,4-,5+/m0/s1. The quantitative estimate of drug-likeness (QED) is 0.343. The van der Waals surface area contributed by atoms with Crippen LogP contribution in [0, 0.1) is 0 Å². The number of phosphoric acid groups is 1. The maximum absolute atomic E-state index is 10.3. The van der Waals surface area contributed by atoms with Crippen LogP contribution in [0.1, 0.15) is 6.92 Å². The van der Waals surface area contributed by atoms with Gasteiger partial charge in [0.2, 0.25) is 0 Å². The molecule has 7 nitrogen and oxygen atoms in total. The highest BCUT2D eigenvalue weighted by Gasteiger charge is 2.28. The van der Waals surface area contributed by atoms with Crippen molar-refractivity contribution in [3.63, 3.8) is 0 Å². The summed E-state index contributed by atoms with van der Waals surface area (Å²) < 4.78 is 14.3. The van der Waals surface area contributed by atoms with Gasteiger partial charge < -0.3 is 25.1 Å². The molecule has 13 heavy (non-hydrogen) atoms. The second-order valence-corrected chi connectivity index (χ2v) is 3.73. The first kappa shape index (κ1) is 13.0. The number of aliphatic hydroxyl groups excluding tert-OH is 3. The van der Waals surface area contributed by atoms with Crippen molar-refractivity contribution in [1.29, 1.82) is 0 Å². The highest BCUT2D eigenvalue weighted by atomic mass is 31.2. The highest BCUT2D eigenvalue weighted by Crippen LogP contribution is 2.38. The van der Waals surface area contributed by atoms with Crippen molar-refractivity contribution in [3.8, 4) is 0 Å². The molecule has 0 aromatic rings. The molecule has 0 radical (unpaired) electrons. The van der Waals surface area contributed by atoms with Crippen molar-refractivity contribution in [3.05, 3.63) is 0 Å². The molecule has 0 aromatic carbocycles. The molecule has 5 N–H and O–H groups in total. The summed E-state index contributed by atoms with van der Waals surface area (Å²) in [4.78, 5) is 16.7. The topological polar surface area (TPSA) is 127 Å². The molecule has 1 unspecified atom stereocenters. The van der Waals surface area contributed by atoms with Crippen LogP contribution in [-0.2, 0) is 9.09 Å². The van der Waals surface area contributed by atoms with Gasteiger partial charge >= 0.3 is 7.82 Å². The lowest BCUT2D eigenvalue weighted by atomic mass is 10.1. The molecular formula is C5H13O7P. The Kier molecular flexibility index (Phi) is 5.01. The molecule has 80 valence electrons. The molecular weight excluding hydrogens is 203 g/mol. The molecule has 8 heteroatoms. The van der Waals surface area contributed by atoms with Crippen LogP contribution < -0.4 is 0 Å². The average molecular weight is 216 g/mol. The Morgan fingerprint density at radius 1 is 1.38 bits per heavy atom. The van der Waals surface area contributed by atoms with E-state index in [1.807, 2.05) is 0 Å². The summed E-state index contributed by atoms with van der Waals surface area (Å²) in [6.45, 7) is 0.457. The summed E-state index contributed by atoms with van der Waals surface area (Å²) >= 11 is 0. The lowest BCUT2D eigenvalue weighted by Crippen LogP contribution is -2.38. The van der Waals surface area contributed by atoms with Gasteiger partial charge in [-0.1, -0.05) is 0 Å². The van der Waals surface area contributed by atoms with Gasteiger partial charge in [0.05, 0.1) is 12.7 Å². The van der Waals surface area contributed by atoms with E-state index in [9.17, 15) is 4.57 Å². The first-order valence-corrected chi connectivity index (χ1v) is 5.02. The smallest absolute Gasteiger partial charge is 0.394 e. The summed E-state index contributed by atoms with van der Waals surface area (Å²) in [5.41, 5.74) is 0. The Bertz CT molecular complexity index is 189. The molecule has 0 aliphatic carbocycles. The zero-order valence-electron chi connectivity index (χ0n) is 6.94. The third kappa shape index (κ3) is 5.33. The van der Waals surface area contributed by atoms with Gasteiger partial charge in [-0.2, -0.15) is 0 Å². The predicted octanol–water partition coefficient (Wildman–Crippen LogP) is -1.80. The molecule has 0 rings (SSSR count). The molecule has 0 amide bonds. The predicted molar refractivity (Wildman–Crippen MR) is 41.7 cm³/mol.